The minimum absolute atomic E-state index is 0.472. The van der Waals surface area contributed by atoms with Gasteiger partial charge in [-0.15, -0.1) is 0 Å². The normalized spacial score (nSPS) is 28.7. The summed E-state index contributed by atoms with van der Waals surface area (Å²) >= 11 is 0. The summed E-state index contributed by atoms with van der Waals surface area (Å²) in [5.41, 5.74) is 1.35. The van der Waals surface area contributed by atoms with E-state index in [-0.39, 0.29) is 0 Å². The Kier molecular flexibility index (Phi) is 3.96. The van der Waals surface area contributed by atoms with Gasteiger partial charge in [-0.1, -0.05) is 6.42 Å². The van der Waals surface area contributed by atoms with Crippen LogP contribution in [0.4, 0.5) is 0 Å². The van der Waals surface area contributed by atoms with Crippen molar-refractivity contribution in [3.05, 3.63) is 18.2 Å². The van der Waals surface area contributed by atoms with Gasteiger partial charge in [0.05, 0.1) is 18.1 Å². The first kappa shape index (κ1) is 12.2. The standard InChI is InChI=1S/C14H23N3O/c1-2-7-16-13(5-1)14-10-15-11-17(14)8-6-12-4-3-9-18-12/h10-13,16H,1-9H2. The SMILES string of the molecule is c1ncn(CCC2CCCO2)c1C1CCCCN1. The van der Waals surface area contributed by atoms with Crippen LogP contribution in [0, 0.1) is 0 Å². The lowest BCUT2D eigenvalue weighted by atomic mass is 10.0. The summed E-state index contributed by atoms with van der Waals surface area (Å²) in [7, 11) is 0. The molecule has 1 aromatic rings. The largest absolute Gasteiger partial charge is 0.378 e. The smallest absolute Gasteiger partial charge is 0.0948 e. The minimum Gasteiger partial charge on any atom is -0.378 e. The third-order valence-corrected chi connectivity index (χ3v) is 4.13. The number of rotatable bonds is 4. The Balaban J connectivity index is 1.59. The number of piperidine rings is 1. The van der Waals surface area contributed by atoms with E-state index in [0.717, 1.165) is 26.1 Å². The lowest BCUT2D eigenvalue weighted by molar-refractivity contribution is 0.1000. The van der Waals surface area contributed by atoms with Gasteiger partial charge < -0.3 is 14.6 Å². The first-order chi connectivity index (χ1) is 8.93. The number of aromatic nitrogens is 2. The number of imidazole rings is 1. The molecule has 0 amide bonds. The third kappa shape index (κ3) is 2.75. The molecule has 18 heavy (non-hydrogen) atoms. The van der Waals surface area contributed by atoms with Crippen LogP contribution in [0.1, 0.15) is 50.3 Å². The predicted octanol–water partition coefficient (Wildman–Crippen LogP) is 2.27. The van der Waals surface area contributed by atoms with Crippen LogP contribution < -0.4 is 5.32 Å². The molecule has 4 nitrogen and oxygen atoms in total. The first-order valence-corrected chi connectivity index (χ1v) is 7.28. The van der Waals surface area contributed by atoms with Crippen molar-refractivity contribution >= 4 is 0 Å². The molecule has 4 heteroatoms. The van der Waals surface area contributed by atoms with Crippen molar-refractivity contribution in [3.8, 4) is 0 Å². The highest BCUT2D eigenvalue weighted by Crippen LogP contribution is 2.23. The molecule has 0 radical (unpaired) electrons. The molecular formula is C14H23N3O. The topological polar surface area (TPSA) is 39.1 Å². The average molecular weight is 249 g/mol. The fourth-order valence-corrected chi connectivity index (χ4v) is 3.07. The molecular weight excluding hydrogens is 226 g/mol. The van der Waals surface area contributed by atoms with E-state index in [9.17, 15) is 0 Å². The van der Waals surface area contributed by atoms with Crippen LogP contribution in [0.25, 0.3) is 0 Å². The van der Waals surface area contributed by atoms with Crippen LogP contribution in [0.5, 0.6) is 0 Å². The zero-order valence-electron chi connectivity index (χ0n) is 11.0. The maximum atomic E-state index is 5.69. The first-order valence-electron chi connectivity index (χ1n) is 7.28. The van der Waals surface area contributed by atoms with Gasteiger partial charge in [0.15, 0.2) is 0 Å². The Bertz CT molecular complexity index is 365. The number of hydrogen-bond acceptors (Lipinski definition) is 3. The van der Waals surface area contributed by atoms with E-state index >= 15 is 0 Å². The van der Waals surface area contributed by atoms with E-state index in [1.807, 2.05) is 12.5 Å². The Morgan fingerprint density at radius 3 is 3.11 bits per heavy atom. The van der Waals surface area contributed by atoms with Gasteiger partial charge in [0.2, 0.25) is 0 Å². The Morgan fingerprint density at radius 1 is 1.33 bits per heavy atom. The van der Waals surface area contributed by atoms with Crippen LogP contribution in [-0.4, -0.2) is 28.8 Å². The summed E-state index contributed by atoms with van der Waals surface area (Å²) in [6.07, 6.45) is 11.9. The highest BCUT2D eigenvalue weighted by molar-refractivity contribution is 5.06. The third-order valence-electron chi connectivity index (χ3n) is 4.13. The average Bonchev–Trinajstić information content (AvgIpc) is 3.09. The molecule has 3 heterocycles. The van der Waals surface area contributed by atoms with Crippen molar-refractivity contribution in [1.82, 2.24) is 14.9 Å². The van der Waals surface area contributed by atoms with Crippen LogP contribution >= 0.6 is 0 Å². The molecule has 100 valence electrons. The van der Waals surface area contributed by atoms with E-state index in [2.05, 4.69) is 14.9 Å². The molecule has 0 bridgehead atoms. The molecule has 2 aliphatic heterocycles. The molecule has 0 saturated carbocycles. The second-order valence-electron chi connectivity index (χ2n) is 5.44. The van der Waals surface area contributed by atoms with Crippen molar-refractivity contribution in [2.75, 3.05) is 13.2 Å². The fraction of sp³-hybridized carbons (Fsp3) is 0.786. The molecule has 2 atom stereocenters. The quantitative estimate of drug-likeness (QED) is 0.889. The molecule has 0 aromatic carbocycles. The second kappa shape index (κ2) is 5.85. The molecule has 2 aliphatic rings. The zero-order valence-corrected chi connectivity index (χ0v) is 11.0. The zero-order chi connectivity index (χ0) is 12.2. The van der Waals surface area contributed by atoms with Crippen molar-refractivity contribution in [1.29, 1.82) is 0 Å². The van der Waals surface area contributed by atoms with Gasteiger partial charge in [0, 0.05) is 25.4 Å². The highest BCUT2D eigenvalue weighted by Gasteiger charge is 2.20. The van der Waals surface area contributed by atoms with Gasteiger partial charge >= 0.3 is 0 Å². The molecule has 0 spiro atoms. The molecule has 1 N–H and O–H groups in total. The van der Waals surface area contributed by atoms with Crippen molar-refractivity contribution in [2.45, 2.75) is 57.2 Å². The van der Waals surface area contributed by atoms with Crippen molar-refractivity contribution < 1.29 is 4.74 Å². The molecule has 2 unspecified atom stereocenters. The summed E-state index contributed by atoms with van der Waals surface area (Å²) in [5.74, 6) is 0. The number of nitrogens with zero attached hydrogens (tertiary/aromatic N) is 2. The van der Waals surface area contributed by atoms with Crippen molar-refractivity contribution in [3.63, 3.8) is 0 Å². The second-order valence-corrected chi connectivity index (χ2v) is 5.44. The molecule has 3 rings (SSSR count). The van der Waals surface area contributed by atoms with Crippen LogP contribution in [0.3, 0.4) is 0 Å². The number of hydrogen-bond donors (Lipinski definition) is 1. The number of ether oxygens (including phenoxy) is 1. The Morgan fingerprint density at radius 2 is 2.33 bits per heavy atom. The van der Waals surface area contributed by atoms with E-state index < -0.39 is 0 Å². The molecule has 1 aromatic heterocycles. The molecule has 0 aliphatic carbocycles. The van der Waals surface area contributed by atoms with Crippen LogP contribution in [0.2, 0.25) is 0 Å². The summed E-state index contributed by atoms with van der Waals surface area (Å²) in [5, 5.41) is 3.60. The fourth-order valence-electron chi connectivity index (χ4n) is 3.07. The van der Waals surface area contributed by atoms with E-state index in [4.69, 9.17) is 4.74 Å². The van der Waals surface area contributed by atoms with Crippen molar-refractivity contribution in [2.24, 2.45) is 0 Å². The van der Waals surface area contributed by atoms with Gasteiger partial charge in [-0.2, -0.15) is 0 Å². The van der Waals surface area contributed by atoms with E-state index in [1.54, 1.807) is 0 Å². The highest BCUT2D eigenvalue weighted by atomic mass is 16.5. The van der Waals surface area contributed by atoms with Gasteiger partial charge in [-0.05, 0) is 38.6 Å². The Hall–Kier alpha value is -0.870. The molecule has 2 saturated heterocycles. The monoisotopic (exact) mass is 249 g/mol. The van der Waals surface area contributed by atoms with Gasteiger partial charge in [-0.25, -0.2) is 4.98 Å². The van der Waals surface area contributed by atoms with E-state index in [0.29, 0.717) is 12.1 Å². The summed E-state index contributed by atoms with van der Waals surface area (Å²) in [6, 6.07) is 0.505. The maximum Gasteiger partial charge on any atom is 0.0948 e. The summed E-state index contributed by atoms with van der Waals surface area (Å²) < 4.78 is 8.00. The summed E-state index contributed by atoms with van der Waals surface area (Å²) in [4.78, 5) is 4.32. The minimum atomic E-state index is 0.472. The lowest BCUT2D eigenvalue weighted by Gasteiger charge is -2.24. The molecule has 2 fully saturated rings. The Labute approximate surface area is 109 Å². The number of aryl methyl sites for hydroxylation is 1. The van der Waals surface area contributed by atoms with Gasteiger partial charge in [0.1, 0.15) is 0 Å². The van der Waals surface area contributed by atoms with Crippen LogP contribution in [0.15, 0.2) is 12.5 Å². The summed E-state index contributed by atoms with van der Waals surface area (Å²) in [6.45, 7) is 3.13. The maximum absolute atomic E-state index is 5.69. The number of nitrogens with one attached hydrogen (secondary N) is 1. The van der Waals surface area contributed by atoms with E-state index in [1.165, 1.54) is 37.8 Å². The lowest BCUT2D eigenvalue weighted by Crippen LogP contribution is -2.28. The van der Waals surface area contributed by atoms with Gasteiger partial charge in [-0.3, -0.25) is 0 Å². The van der Waals surface area contributed by atoms with Gasteiger partial charge in [0.25, 0.3) is 0 Å². The predicted molar refractivity (Wildman–Crippen MR) is 70.4 cm³/mol. The van der Waals surface area contributed by atoms with Crippen LogP contribution in [-0.2, 0) is 11.3 Å².